The van der Waals surface area contributed by atoms with Crippen LogP contribution in [-0.4, -0.2) is 11.8 Å². The summed E-state index contributed by atoms with van der Waals surface area (Å²) in [7, 11) is 0. The smallest absolute Gasteiger partial charge is 0.267 e. The zero-order valence-electron chi connectivity index (χ0n) is 13.1. The monoisotopic (exact) mass is 360 g/mol. The molecule has 0 saturated carbocycles. The van der Waals surface area contributed by atoms with E-state index in [1.807, 2.05) is 32.0 Å². The van der Waals surface area contributed by atoms with Gasteiger partial charge in [0.2, 0.25) is 0 Å². The van der Waals surface area contributed by atoms with Gasteiger partial charge in [-0.15, -0.1) is 22.7 Å². The molecule has 0 saturated heterocycles. The molecule has 0 atom stereocenters. The maximum absolute atomic E-state index is 12.5. The molecule has 3 rings (SSSR count). The maximum atomic E-state index is 12.5. The summed E-state index contributed by atoms with van der Waals surface area (Å²) in [5, 5.41) is 3.37. The number of amides is 2. The van der Waals surface area contributed by atoms with Gasteiger partial charge in [-0.05, 0) is 37.1 Å². The van der Waals surface area contributed by atoms with Crippen molar-refractivity contribution in [2.24, 2.45) is 5.73 Å². The Morgan fingerprint density at radius 1 is 1.00 bits per heavy atom. The van der Waals surface area contributed by atoms with Gasteiger partial charge in [0.15, 0.2) is 0 Å². The average molecular weight is 360 g/mol. The Morgan fingerprint density at radius 3 is 2.21 bits per heavy atom. The Balaban J connectivity index is 1.97. The maximum Gasteiger partial charge on any atom is 0.267 e. The number of nitrogens with two attached hydrogens (primary N) is 3. The minimum atomic E-state index is -0.596. The van der Waals surface area contributed by atoms with Crippen molar-refractivity contribution in [1.82, 2.24) is 0 Å². The third-order valence-electron chi connectivity index (χ3n) is 3.82. The Hall–Kier alpha value is -2.58. The Labute approximate surface area is 146 Å². The number of nitrogens with one attached hydrogen (secondary N) is 1. The number of aryl methyl sites for hydroxylation is 2. The molecular formula is C16H16N4O2S2. The highest BCUT2D eigenvalue weighted by Crippen LogP contribution is 2.44. The lowest BCUT2D eigenvalue weighted by molar-refractivity contribution is 0.100. The molecule has 0 aliphatic rings. The number of rotatable bonds is 3. The van der Waals surface area contributed by atoms with Gasteiger partial charge in [0.1, 0.15) is 9.75 Å². The fraction of sp³-hybridized carbons (Fsp3) is 0.125. The van der Waals surface area contributed by atoms with E-state index in [-0.39, 0.29) is 22.2 Å². The molecule has 24 heavy (non-hydrogen) atoms. The molecule has 6 nitrogen and oxygen atoms in total. The largest absolute Gasteiger partial charge is 0.397 e. The second-order valence-electron chi connectivity index (χ2n) is 5.47. The number of fused-ring (bicyclic) bond motifs is 1. The first kappa shape index (κ1) is 16.3. The third-order valence-corrected chi connectivity index (χ3v) is 6.33. The second kappa shape index (κ2) is 5.81. The molecule has 0 bridgehead atoms. The molecule has 0 aliphatic carbocycles. The van der Waals surface area contributed by atoms with Crippen molar-refractivity contribution in [3.63, 3.8) is 0 Å². The SMILES string of the molecule is Cc1ccc(NC(=O)c2sc3sc(C(N)=O)c(N)c3c2N)cc1C. The summed E-state index contributed by atoms with van der Waals surface area (Å²) < 4.78 is 0.712. The van der Waals surface area contributed by atoms with E-state index < -0.39 is 5.91 Å². The lowest BCUT2D eigenvalue weighted by Gasteiger charge is -2.07. The van der Waals surface area contributed by atoms with Gasteiger partial charge in [-0.25, -0.2) is 0 Å². The number of carbonyl (C=O) groups excluding carboxylic acids is 2. The van der Waals surface area contributed by atoms with Gasteiger partial charge in [-0.2, -0.15) is 0 Å². The van der Waals surface area contributed by atoms with E-state index in [2.05, 4.69) is 5.32 Å². The van der Waals surface area contributed by atoms with Gasteiger partial charge in [-0.3, -0.25) is 9.59 Å². The van der Waals surface area contributed by atoms with Gasteiger partial charge >= 0.3 is 0 Å². The van der Waals surface area contributed by atoms with Crippen molar-refractivity contribution >= 4 is 60.9 Å². The number of carbonyl (C=O) groups is 2. The van der Waals surface area contributed by atoms with E-state index in [0.717, 1.165) is 22.5 Å². The predicted molar refractivity (Wildman–Crippen MR) is 101 cm³/mol. The first-order valence-electron chi connectivity index (χ1n) is 7.08. The van der Waals surface area contributed by atoms with Crippen LogP contribution in [0, 0.1) is 13.8 Å². The molecule has 8 heteroatoms. The fourth-order valence-electron chi connectivity index (χ4n) is 2.37. The zero-order valence-corrected chi connectivity index (χ0v) is 14.7. The quantitative estimate of drug-likeness (QED) is 0.573. The molecule has 2 heterocycles. The van der Waals surface area contributed by atoms with Crippen molar-refractivity contribution < 1.29 is 9.59 Å². The Morgan fingerprint density at radius 2 is 1.62 bits per heavy atom. The molecule has 0 spiro atoms. The molecule has 2 amide bonds. The molecule has 0 unspecified atom stereocenters. The molecule has 0 radical (unpaired) electrons. The van der Waals surface area contributed by atoms with E-state index >= 15 is 0 Å². The van der Waals surface area contributed by atoms with Crippen LogP contribution in [0.1, 0.15) is 30.5 Å². The van der Waals surface area contributed by atoms with Gasteiger partial charge in [0.05, 0.1) is 20.8 Å². The predicted octanol–water partition coefficient (Wildman–Crippen LogP) is 3.10. The van der Waals surface area contributed by atoms with Crippen LogP contribution in [-0.2, 0) is 0 Å². The van der Waals surface area contributed by atoms with E-state index in [1.54, 1.807) is 0 Å². The number of thiophene rings is 2. The zero-order chi connectivity index (χ0) is 17.6. The number of anilines is 3. The summed E-state index contributed by atoms with van der Waals surface area (Å²) in [6.07, 6.45) is 0. The first-order chi connectivity index (χ1) is 11.3. The molecular weight excluding hydrogens is 344 g/mol. The Kier molecular flexibility index (Phi) is 3.94. The number of hydrogen-bond acceptors (Lipinski definition) is 6. The molecule has 2 aromatic heterocycles. The van der Waals surface area contributed by atoms with Gasteiger partial charge in [0, 0.05) is 5.69 Å². The number of primary amides is 1. The Bertz CT molecular complexity index is 988. The highest BCUT2D eigenvalue weighted by Gasteiger charge is 2.23. The van der Waals surface area contributed by atoms with Crippen LogP contribution in [0.15, 0.2) is 18.2 Å². The van der Waals surface area contributed by atoms with Crippen molar-refractivity contribution in [3.8, 4) is 0 Å². The molecule has 0 aliphatic heterocycles. The van der Waals surface area contributed by atoms with E-state index in [4.69, 9.17) is 17.2 Å². The lowest BCUT2D eigenvalue weighted by atomic mass is 10.1. The van der Waals surface area contributed by atoms with E-state index in [9.17, 15) is 9.59 Å². The highest BCUT2D eigenvalue weighted by atomic mass is 32.2. The summed E-state index contributed by atoms with van der Waals surface area (Å²) >= 11 is 2.36. The topological polar surface area (TPSA) is 124 Å². The summed E-state index contributed by atoms with van der Waals surface area (Å²) in [6.45, 7) is 3.98. The van der Waals surface area contributed by atoms with Crippen LogP contribution in [0.5, 0.6) is 0 Å². The standard InChI is InChI=1S/C16H16N4O2S2/c1-6-3-4-8(5-7(6)2)20-15(22)13-11(18)9-10(17)12(14(19)21)23-16(9)24-13/h3-5H,17-18H2,1-2H3,(H2,19,21)(H,20,22). The van der Waals surface area contributed by atoms with Crippen molar-refractivity contribution in [2.45, 2.75) is 13.8 Å². The van der Waals surface area contributed by atoms with Crippen molar-refractivity contribution in [2.75, 3.05) is 16.8 Å². The van der Waals surface area contributed by atoms with Crippen LogP contribution >= 0.6 is 22.7 Å². The minimum Gasteiger partial charge on any atom is -0.397 e. The fourth-order valence-corrected chi connectivity index (χ4v) is 4.72. The number of benzene rings is 1. The van der Waals surface area contributed by atoms with Crippen LogP contribution in [0.25, 0.3) is 9.40 Å². The minimum absolute atomic E-state index is 0.237. The molecule has 7 N–H and O–H groups in total. The summed E-state index contributed by atoms with van der Waals surface area (Å²) in [4.78, 5) is 24.5. The van der Waals surface area contributed by atoms with Gasteiger partial charge in [0.25, 0.3) is 11.8 Å². The lowest BCUT2D eigenvalue weighted by Crippen LogP contribution is -2.13. The summed E-state index contributed by atoms with van der Waals surface area (Å²) in [5.41, 5.74) is 20.8. The second-order valence-corrected chi connectivity index (χ2v) is 7.77. The molecule has 3 aromatic rings. The van der Waals surface area contributed by atoms with Crippen LogP contribution in [0.2, 0.25) is 0 Å². The molecule has 0 fully saturated rings. The van der Waals surface area contributed by atoms with Gasteiger partial charge < -0.3 is 22.5 Å². The first-order valence-corrected chi connectivity index (χ1v) is 8.71. The third kappa shape index (κ3) is 2.59. The van der Waals surface area contributed by atoms with Crippen molar-refractivity contribution in [3.05, 3.63) is 39.1 Å². The normalized spacial score (nSPS) is 10.9. The summed E-state index contributed by atoms with van der Waals surface area (Å²) in [6, 6.07) is 5.68. The number of nitrogen functional groups attached to an aromatic ring is 2. The average Bonchev–Trinajstić information content (AvgIpc) is 3.01. The van der Waals surface area contributed by atoms with Crippen LogP contribution in [0.3, 0.4) is 0 Å². The number of hydrogen-bond donors (Lipinski definition) is 4. The highest BCUT2D eigenvalue weighted by molar-refractivity contribution is 7.40. The summed E-state index contributed by atoms with van der Waals surface area (Å²) in [5.74, 6) is -0.898. The molecule has 124 valence electrons. The van der Waals surface area contributed by atoms with Crippen LogP contribution in [0.4, 0.5) is 17.1 Å². The van der Waals surface area contributed by atoms with Crippen molar-refractivity contribution in [1.29, 1.82) is 0 Å². The van der Waals surface area contributed by atoms with E-state index in [0.29, 0.717) is 20.0 Å². The molecule has 1 aromatic carbocycles. The van der Waals surface area contributed by atoms with E-state index in [1.165, 1.54) is 11.3 Å². The van der Waals surface area contributed by atoms with Crippen LogP contribution < -0.4 is 22.5 Å². The van der Waals surface area contributed by atoms with Gasteiger partial charge in [-0.1, -0.05) is 6.07 Å².